The number of aryl methyl sites for hydroxylation is 1. The number of anilines is 3. The first-order valence-corrected chi connectivity index (χ1v) is 8.95. The molecule has 2 N–H and O–H groups in total. The number of carbonyl (C=O) groups excluding carboxylic acids is 2. The Morgan fingerprint density at radius 2 is 1.86 bits per heavy atom. The molecular formula is C20H20F3N3O3. The first kappa shape index (κ1) is 20.7. The maximum absolute atomic E-state index is 13.4. The lowest BCUT2D eigenvalue weighted by molar-refractivity contribution is -0.137. The van der Waals surface area contributed by atoms with Gasteiger partial charge in [0.1, 0.15) is 0 Å². The fraction of sp³-hybridized carbons (Fsp3) is 0.300. The molecule has 2 aromatic carbocycles. The molecule has 0 atom stereocenters. The molecule has 0 saturated carbocycles. The molecule has 1 heterocycles. The third-order valence-electron chi connectivity index (χ3n) is 4.59. The Hall–Kier alpha value is -3.07. The monoisotopic (exact) mass is 407 g/mol. The predicted molar refractivity (Wildman–Crippen MR) is 103 cm³/mol. The van der Waals surface area contributed by atoms with Gasteiger partial charge in [0.2, 0.25) is 6.41 Å². The van der Waals surface area contributed by atoms with E-state index in [4.69, 9.17) is 4.74 Å². The molecule has 1 aliphatic rings. The van der Waals surface area contributed by atoms with Gasteiger partial charge in [-0.15, -0.1) is 0 Å². The van der Waals surface area contributed by atoms with Crippen molar-refractivity contribution in [2.45, 2.75) is 13.1 Å². The van der Waals surface area contributed by atoms with Gasteiger partial charge in [-0.25, -0.2) is 0 Å². The van der Waals surface area contributed by atoms with Crippen LogP contribution < -0.4 is 15.5 Å². The molecule has 9 heteroatoms. The summed E-state index contributed by atoms with van der Waals surface area (Å²) >= 11 is 0. The van der Waals surface area contributed by atoms with E-state index in [0.717, 1.165) is 17.7 Å². The maximum atomic E-state index is 13.4. The highest BCUT2D eigenvalue weighted by Crippen LogP contribution is 2.33. The van der Waals surface area contributed by atoms with Crippen LogP contribution in [0.15, 0.2) is 36.4 Å². The van der Waals surface area contributed by atoms with E-state index in [1.807, 2.05) is 0 Å². The van der Waals surface area contributed by atoms with Crippen LogP contribution in [0.3, 0.4) is 0 Å². The van der Waals surface area contributed by atoms with Crippen molar-refractivity contribution < 1.29 is 27.5 Å². The number of morpholine rings is 1. The van der Waals surface area contributed by atoms with Gasteiger partial charge in [0, 0.05) is 35.7 Å². The van der Waals surface area contributed by atoms with Crippen LogP contribution in [0.5, 0.6) is 0 Å². The third kappa shape index (κ3) is 5.05. The Labute approximate surface area is 165 Å². The quantitative estimate of drug-likeness (QED) is 0.742. The van der Waals surface area contributed by atoms with Crippen molar-refractivity contribution in [1.29, 1.82) is 0 Å². The number of rotatable bonds is 5. The summed E-state index contributed by atoms with van der Waals surface area (Å²) in [7, 11) is 0. The van der Waals surface area contributed by atoms with Crippen molar-refractivity contribution >= 4 is 29.4 Å². The van der Waals surface area contributed by atoms with E-state index in [2.05, 4.69) is 10.6 Å². The molecule has 2 amide bonds. The van der Waals surface area contributed by atoms with E-state index in [-0.39, 0.29) is 5.56 Å². The van der Waals surface area contributed by atoms with Crippen molar-refractivity contribution in [2.75, 3.05) is 41.8 Å². The van der Waals surface area contributed by atoms with Crippen molar-refractivity contribution in [3.05, 3.63) is 53.1 Å². The number of hydrogen-bond acceptors (Lipinski definition) is 4. The molecule has 1 aliphatic heterocycles. The van der Waals surface area contributed by atoms with Gasteiger partial charge in [-0.3, -0.25) is 9.59 Å². The Morgan fingerprint density at radius 1 is 1.14 bits per heavy atom. The molecule has 0 aromatic heterocycles. The van der Waals surface area contributed by atoms with Crippen LogP contribution in [0.25, 0.3) is 0 Å². The third-order valence-corrected chi connectivity index (χ3v) is 4.59. The highest BCUT2D eigenvalue weighted by molar-refractivity contribution is 6.05. The van der Waals surface area contributed by atoms with Crippen molar-refractivity contribution in [3.8, 4) is 0 Å². The number of alkyl halides is 3. The maximum Gasteiger partial charge on any atom is 0.416 e. The molecule has 0 unspecified atom stereocenters. The van der Waals surface area contributed by atoms with Crippen LogP contribution in [-0.2, 0) is 15.7 Å². The number of carbonyl (C=O) groups is 2. The predicted octanol–water partition coefficient (Wildman–Crippen LogP) is 3.67. The van der Waals surface area contributed by atoms with Gasteiger partial charge in [0.25, 0.3) is 5.91 Å². The van der Waals surface area contributed by atoms with Gasteiger partial charge in [0.05, 0.1) is 18.8 Å². The number of hydrogen-bond donors (Lipinski definition) is 2. The molecule has 0 bridgehead atoms. The average molecular weight is 407 g/mol. The van der Waals surface area contributed by atoms with Gasteiger partial charge >= 0.3 is 6.18 Å². The van der Waals surface area contributed by atoms with Gasteiger partial charge < -0.3 is 20.3 Å². The normalized spacial score (nSPS) is 14.4. The van der Waals surface area contributed by atoms with E-state index in [1.54, 1.807) is 24.0 Å². The molecule has 6 nitrogen and oxygen atoms in total. The van der Waals surface area contributed by atoms with E-state index in [1.165, 1.54) is 12.1 Å². The van der Waals surface area contributed by atoms with E-state index in [0.29, 0.717) is 49.8 Å². The van der Waals surface area contributed by atoms with Crippen LogP contribution in [0.1, 0.15) is 21.5 Å². The van der Waals surface area contributed by atoms with E-state index < -0.39 is 17.6 Å². The molecule has 3 rings (SSSR count). The Balaban J connectivity index is 1.91. The SMILES string of the molecule is Cc1ccc(NC(=O)c2cc(N3CCOCC3)cc(C(F)(F)F)c2)cc1NC=O. The van der Waals surface area contributed by atoms with Gasteiger partial charge in [-0.05, 0) is 42.8 Å². The molecule has 154 valence electrons. The second-order valence-electron chi connectivity index (χ2n) is 6.61. The Bertz CT molecular complexity index is 910. The van der Waals surface area contributed by atoms with Crippen LogP contribution in [0.2, 0.25) is 0 Å². The second kappa shape index (κ2) is 8.52. The van der Waals surface area contributed by atoms with E-state index >= 15 is 0 Å². The molecule has 0 aliphatic carbocycles. The summed E-state index contributed by atoms with van der Waals surface area (Å²) in [5.74, 6) is -0.675. The number of halogens is 3. The summed E-state index contributed by atoms with van der Waals surface area (Å²) < 4.78 is 45.4. The zero-order chi connectivity index (χ0) is 21.0. The van der Waals surface area contributed by atoms with Crippen molar-refractivity contribution in [2.24, 2.45) is 0 Å². The molecule has 0 radical (unpaired) electrons. The summed E-state index contributed by atoms with van der Waals surface area (Å²) in [6.45, 7) is 3.49. The topological polar surface area (TPSA) is 70.7 Å². The van der Waals surface area contributed by atoms with Crippen LogP contribution >= 0.6 is 0 Å². The lowest BCUT2D eigenvalue weighted by Gasteiger charge is -2.29. The van der Waals surface area contributed by atoms with Crippen LogP contribution in [0, 0.1) is 6.92 Å². The smallest absolute Gasteiger partial charge is 0.378 e. The fourth-order valence-electron chi connectivity index (χ4n) is 3.03. The molecular weight excluding hydrogens is 387 g/mol. The minimum atomic E-state index is -4.58. The lowest BCUT2D eigenvalue weighted by atomic mass is 10.1. The summed E-state index contributed by atoms with van der Waals surface area (Å²) in [5, 5.41) is 5.10. The summed E-state index contributed by atoms with van der Waals surface area (Å²) in [4.78, 5) is 25.1. The molecule has 2 aromatic rings. The molecule has 1 saturated heterocycles. The van der Waals surface area contributed by atoms with Crippen LogP contribution in [0.4, 0.5) is 30.2 Å². The summed E-state index contributed by atoms with van der Waals surface area (Å²) in [5.41, 5.74) is 0.959. The summed E-state index contributed by atoms with van der Waals surface area (Å²) in [6, 6.07) is 8.15. The zero-order valence-electron chi connectivity index (χ0n) is 15.7. The second-order valence-corrected chi connectivity index (χ2v) is 6.61. The first-order chi connectivity index (χ1) is 13.8. The minimum absolute atomic E-state index is 0.105. The Kier molecular flexibility index (Phi) is 6.07. The number of amides is 2. The largest absolute Gasteiger partial charge is 0.416 e. The van der Waals surface area contributed by atoms with E-state index in [9.17, 15) is 22.8 Å². The molecule has 0 spiro atoms. The zero-order valence-corrected chi connectivity index (χ0v) is 15.7. The Morgan fingerprint density at radius 3 is 2.52 bits per heavy atom. The number of nitrogens with one attached hydrogen (secondary N) is 2. The minimum Gasteiger partial charge on any atom is -0.378 e. The average Bonchev–Trinajstić information content (AvgIpc) is 2.70. The van der Waals surface area contributed by atoms with Gasteiger partial charge in [0.15, 0.2) is 0 Å². The highest BCUT2D eigenvalue weighted by atomic mass is 19.4. The summed E-state index contributed by atoms with van der Waals surface area (Å²) in [6.07, 6.45) is -4.07. The van der Waals surface area contributed by atoms with Crippen molar-refractivity contribution in [1.82, 2.24) is 0 Å². The lowest BCUT2D eigenvalue weighted by Crippen LogP contribution is -2.36. The number of benzene rings is 2. The standard InChI is InChI=1S/C20H20F3N3O3/c1-13-2-3-16(11-18(13)24-12-27)25-19(28)14-8-15(20(21,22)23)10-17(9-14)26-4-6-29-7-5-26/h2-3,8-12H,4-7H2,1H3,(H,24,27)(H,25,28). The highest BCUT2D eigenvalue weighted by Gasteiger charge is 2.32. The molecule has 29 heavy (non-hydrogen) atoms. The number of nitrogens with zero attached hydrogens (tertiary/aromatic N) is 1. The van der Waals surface area contributed by atoms with Crippen molar-refractivity contribution in [3.63, 3.8) is 0 Å². The number of ether oxygens (including phenoxy) is 1. The fourth-order valence-corrected chi connectivity index (χ4v) is 3.03. The first-order valence-electron chi connectivity index (χ1n) is 8.95. The van der Waals surface area contributed by atoms with Gasteiger partial charge in [-0.1, -0.05) is 6.07 Å². The molecule has 1 fully saturated rings. The van der Waals surface area contributed by atoms with Gasteiger partial charge in [-0.2, -0.15) is 13.2 Å². The van der Waals surface area contributed by atoms with Crippen LogP contribution in [-0.4, -0.2) is 38.6 Å².